The highest BCUT2D eigenvalue weighted by atomic mass is 35.5. The van der Waals surface area contributed by atoms with Crippen LogP contribution in [0.5, 0.6) is 5.75 Å². The van der Waals surface area contributed by atoms with E-state index in [2.05, 4.69) is 15.4 Å². The third kappa shape index (κ3) is 5.68. The van der Waals surface area contributed by atoms with Crippen molar-refractivity contribution in [3.05, 3.63) is 28.8 Å². The highest BCUT2D eigenvalue weighted by Gasteiger charge is 2.39. The van der Waals surface area contributed by atoms with Crippen LogP contribution in [0.15, 0.2) is 18.2 Å². The molecule has 0 saturated carbocycles. The number of aliphatic hydroxyl groups excluding tert-OH is 1. The minimum Gasteiger partial charge on any atom is -0.491 e. The van der Waals surface area contributed by atoms with E-state index in [4.69, 9.17) is 16.3 Å². The van der Waals surface area contributed by atoms with Crippen molar-refractivity contribution in [2.24, 2.45) is 0 Å². The molecule has 11 heteroatoms. The van der Waals surface area contributed by atoms with Gasteiger partial charge in [-0.3, -0.25) is 19.2 Å². The van der Waals surface area contributed by atoms with Crippen molar-refractivity contribution < 1.29 is 33.8 Å². The Labute approximate surface area is 190 Å². The van der Waals surface area contributed by atoms with Crippen LogP contribution in [-0.2, 0) is 19.1 Å². The fourth-order valence-electron chi connectivity index (χ4n) is 3.66. The Bertz CT molecular complexity index is 907. The minimum atomic E-state index is -1.40. The molecule has 0 aliphatic carbocycles. The monoisotopic (exact) mass is 467 g/mol. The van der Waals surface area contributed by atoms with Gasteiger partial charge in [0.2, 0.25) is 18.1 Å². The molecule has 0 spiro atoms. The smallest absolute Gasteiger partial charge is 0.310 e. The summed E-state index contributed by atoms with van der Waals surface area (Å²) < 4.78 is 10.1. The lowest BCUT2D eigenvalue weighted by atomic mass is 10.1. The van der Waals surface area contributed by atoms with Crippen LogP contribution < -0.4 is 15.4 Å². The van der Waals surface area contributed by atoms with Crippen LogP contribution in [0.2, 0.25) is 5.02 Å². The van der Waals surface area contributed by atoms with Crippen molar-refractivity contribution in [3.63, 3.8) is 0 Å². The van der Waals surface area contributed by atoms with Crippen LogP contribution >= 0.6 is 11.6 Å². The summed E-state index contributed by atoms with van der Waals surface area (Å²) in [7, 11) is 0. The standard InChI is InChI=1S/C21H26ClN3O7/c1-11(2)31-12-5-6-13(14(22)8-12)19(28)23-10-17(26)25-7-3-4-16(25)20(29)24-15-9-18(27)32-21(15)30/h5-6,8,11,15-16,21,30H,3-4,7,9-10H2,1-2H3,(H,23,28)(H,24,29)/t15-,16-,21+/m0/s1. The number of aliphatic hydroxyl groups is 1. The molecular weight excluding hydrogens is 442 g/mol. The SMILES string of the molecule is CC(C)Oc1ccc(C(=O)NCC(=O)N2CCC[C@H]2C(=O)N[C@H]2CC(=O)O[C@H]2O)c(Cl)c1. The highest BCUT2D eigenvalue weighted by Crippen LogP contribution is 2.24. The Kier molecular flexibility index (Phi) is 7.57. The average Bonchev–Trinajstić information content (AvgIpc) is 3.32. The van der Waals surface area contributed by atoms with Gasteiger partial charge >= 0.3 is 5.97 Å². The van der Waals surface area contributed by atoms with Gasteiger partial charge in [0, 0.05) is 6.54 Å². The first-order valence-corrected chi connectivity index (χ1v) is 10.7. The number of hydrogen-bond acceptors (Lipinski definition) is 7. The number of ether oxygens (including phenoxy) is 2. The lowest BCUT2D eigenvalue weighted by molar-refractivity contribution is -0.155. The van der Waals surface area contributed by atoms with Crippen LogP contribution in [0.1, 0.15) is 43.5 Å². The summed E-state index contributed by atoms with van der Waals surface area (Å²) in [5.41, 5.74) is 0.200. The van der Waals surface area contributed by atoms with Gasteiger partial charge in [-0.1, -0.05) is 11.6 Å². The Morgan fingerprint density at radius 1 is 1.34 bits per heavy atom. The molecule has 2 fully saturated rings. The molecule has 3 N–H and O–H groups in total. The van der Waals surface area contributed by atoms with E-state index in [0.29, 0.717) is 25.1 Å². The zero-order valence-electron chi connectivity index (χ0n) is 17.8. The summed E-state index contributed by atoms with van der Waals surface area (Å²) in [6.45, 7) is 3.79. The third-order valence-corrected chi connectivity index (χ3v) is 5.46. The predicted molar refractivity (Wildman–Crippen MR) is 113 cm³/mol. The van der Waals surface area contributed by atoms with Gasteiger partial charge in [0.15, 0.2) is 0 Å². The number of esters is 1. The van der Waals surface area contributed by atoms with Crippen molar-refractivity contribution >= 4 is 35.3 Å². The molecule has 1 aromatic carbocycles. The Hall–Kier alpha value is -2.85. The number of carbonyl (C=O) groups is 4. The number of likely N-dealkylation sites (tertiary alicyclic amines) is 1. The van der Waals surface area contributed by atoms with Gasteiger partial charge in [0.05, 0.1) is 29.7 Å². The number of carbonyl (C=O) groups excluding carboxylic acids is 4. The van der Waals surface area contributed by atoms with Gasteiger partial charge in [-0.25, -0.2) is 0 Å². The fourth-order valence-corrected chi connectivity index (χ4v) is 3.92. The number of cyclic esters (lactones) is 1. The molecule has 3 atom stereocenters. The van der Waals surface area contributed by atoms with E-state index in [1.54, 1.807) is 6.07 Å². The van der Waals surface area contributed by atoms with E-state index in [9.17, 15) is 24.3 Å². The lowest BCUT2D eigenvalue weighted by Gasteiger charge is -2.25. The summed E-state index contributed by atoms with van der Waals surface area (Å²) in [6, 6.07) is 3.07. The van der Waals surface area contributed by atoms with E-state index in [1.807, 2.05) is 13.8 Å². The molecule has 0 bridgehead atoms. The summed E-state index contributed by atoms with van der Waals surface area (Å²) in [6.07, 6.45) is -0.529. The molecule has 2 aliphatic heterocycles. The maximum atomic E-state index is 12.7. The van der Waals surface area contributed by atoms with E-state index in [-0.39, 0.29) is 29.7 Å². The van der Waals surface area contributed by atoms with Crippen LogP contribution in [0, 0.1) is 0 Å². The number of benzene rings is 1. The maximum Gasteiger partial charge on any atom is 0.310 e. The van der Waals surface area contributed by atoms with Crippen molar-refractivity contribution in [3.8, 4) is 5.75 Å². The Morgan fingerprint density at radius 2 is 2.09 bits per heavy atom. The molecule has 174 valence electrons. The largest absolute Gasteiger partial charge is 0.491 e. The second-order valence-electron chi connectivity index (χ2n) is 7.94. The molecule has 10 nitrogen and oxygen atoms in total. The van der Waals surface area contributed by atoms with Crippen LogP contribution in [-0.4, -0.2) is 71.3 Å². The fraction of sp³-hybridized carbons (Fsp3) is 0.524. The molecule has 3 amide bonds. The molecule has 0 unspecified atom stereocenters. The zero-order valence-corrected chi connectivity index (χ0v) is 18.6. The van der Waals surface area contributed by atoms with Crippen molar-refractivity contribution in [2.45, 2.75) is 57.6 Å². The number of hydrogen-bond donors (Lipinski definition) is 3. The average molecular weight is 468 g/mol. The van der Waals surface area contributed by atoms with Crippen molar-refractivity contribution in [1.29, 1.82) is 0 Å². The molecule has 1 aromatic rings. The van der Waals surface area contributed by atoms with Gasteiger partial charge in [-0.15, -0.1) is 0 Å². The lowest BCUT2D eigenvalue weighted by Crippen LogP contribution is -2.52. The normalized spacial score (nSPS) is 22.6. The van der Waals surface area contributed by atoms with Gasteiger partial charge in [0.25, 0.3) is 5.91 Å². The zero-order chi connectivity index (χ0) is 23.4. The molecule has 32 heavy (non-hydrogen) atoms. The molecule has 2 aliphatic rings. The predicted octanol–water partition coefficient (Wildman–Crippen LogP) is 0.598. The molecular formula is C21H26ClN3O7. The summed E-state index contributed by atoms with van der Waals surface area (Å²) >= 11 is 6.17. The second kappa shape index (κ2) is 10.2. The molecule has 0 radical (unpaired) electrons. The minimum absolute atomic E-state index is 0.0427. The molecule has 2 saturated heterocycles. The summed E-state index contributed by atoms with van der Waals surface area (Å²) in [4.78, 5) is 50.3. The van der Waals surface area contributed by atoms with Crippen molar-refractivity contribution in [1.82, 2.24) is 15.5 Å². The van der Waals surface area contributed by atoms with Crippen molar-refractivity contribution in [2.75, 3.05) is 13.1 Å². The molecule has 0 aromatic heterocycles. The maximum absolute atomic E-state index is 12.7. The van der Waals surface area contributed by atoms with Gasteiger partial charge in [0.1, 0.15) is 17.8 Å². The van der Waals surface area contributed by atoms with Crippen LogP contribution in [0.25, 0.3) is 0 Å². The number of nitrogens with one attached hydrogen (secondary N) is 2. The Morgan fingerprint density at radius 3 is 2.72 bits per heavy atom. The molecule has 2 heterocycles. The third-order valence-electron chi connectivity index (χ3n) is 5.14. The number of rotatable bonds is 7. The number of amides is 3. The summed E-state index contributed by atoms with van der Waals surface area (Å²) in [5, 5.41) is 14.9. The van der Waals surface area contributed by atoms with E-state index >= 15 is 0 Å². The number of nitrogens with zero attached hydrogens (tertiary/aromatic N) is 1. The highest BCUT2D eigenvalue weighted by molar-refractivity contribution is 6.34. The van der Waals surface area contributed by atoms with E-state index in [0.717, 1.165) is 0 Å². The van der Waals surface area contributed by atoms with E-state index < -0.39 is 42.1 Å². The first kappa shape index (κ1) is 23.8. The topological polar surface area (TPSA) is 134 Å². The van der Waals surface area contributed by atoms with Gasteiger partial charge in [-0.05, 0) is 44.9 Å². The first-order chi connectivity index (χ1) is 15.2. The van der Waals surface area contributed by atoms with Crippen LogP contribution in [0.4, 0.5) is 0 Å². The summed E-state index contributed by atoms with van der Waals surface area (Å²) in [5.74, 6) is -1.50. The first-order valence-electron chi connectivity index (χ1n) is 10.4. The Balaban J connectivity index is 1.55. The van der Waals surface area contributed by atoms with E-state index in [1.165, 1.54) is 17.0 Å². The van der Waals surface area contributed by atoms with Crippen LogP contribution in [0.3, 0.4) is 0 Å². The number of halogens is 1. The van der Waals surface area contributed by atoms with Gasteiger partial charge in [-0.2, -0.15) is 0 Å². The van der Waals surface area contributed by atoms with Gasteiger partial charge < -0.3 is 30.1 Å². The quantitative estimate of drug-likeness (QED) is 0.500. The second-order valence-corrected chi connectivity index (χ2v) is 8.34. The molecule has 3 rings (SSSR count).